The van der Waals surface area contributed by atoms with Crippen molar-refractivity contribution in [2.24, 2.45) is 0 Å². The summed E-state index contributed by atoms with van der Waals surface area (Å²) in [4.78, 5) is 12.5. The van der Waals surface area contributed by atoms with E-state index in [0.29, 0.717) is 0 Å². The normalized spacial score (nSPS) is 11.2. The zero-order valence-electron chi connectivity index (χ0n) is 12.1. The van der Waals surface area contributed by atoms with Crippen LogP contribution in [0.2, 0.25) is 0 Å². The highest BCUT2D eigenvalue weighted by Gasteiger charge is 2.18. The molecule has 0 fully saturated rings. The Hall–Kier alpha value is -1.87. The van der Waals surface area contributed by atoms with E-state index in [2.05, 4.69) is 10.0 Å². The number of nitrogens with zero attached hydrogens (tertiary/aromatic N) is 1. The van der Waals surface area contributed by atoms with Crippen LogP contribution in [-0.2, 0) is 10.0 Å². The van der Waals surface area contributed by atoms with E-state index in [1.165, 1.54) is 11.8 Å². The molecule has 118 valence electrons. The van der Waals surface area contributed by atoms with E-state index in [9.17, 15) is 17.6 Å². The second-order valence-electron chi connectivity index (χ2n) is 4.66. The summed E-state index contributed by atoms with van der Waals surface area (Å²) >= 11 is 0. The SMILES string of the molecule is Cc1cc(F)c(N)cc1S(=O)(=O)NCCNC(=O)N(C)C. The summed E-state index contributed by atoms with van der Waals surface area (Å²) in [5.74, 6) is -0.662. The average Bonchev–Trinajstić information content (AvgIpc) is 2.38. The van der Waals surface area contributed by atoms with Crippen molar-refractivity contribution in [3.05, 3.63) is 23.5 Å². The topological polar surface area (TPSA) is 105 Å². The summed E-state index contributed by atoms with van der Waals surface area (Å²) in [6.45, 7) is 1.62. The van der Waals surface area contributed by atoms with Crippen LogP contribution in [0.15, 0.2) is 17.0 Å². The van der Waals surface area contributed by atoms with Crippen molar-refractivity contribution < 1.29 is 17.6 Å². The van der Waals surface area contributed by atoms with Crippen molar-refractivity contribution in [2.45, 2.75) is 11.8 Å². The molecule has 0 saturated carbocycles. The van der Waals surface area contributed by atoms with Gasteiger partial charge in [-0.25, -0.2) is 22.3 Å². The molecule has 0 spiro atoms. The third-order valence-corrected chi connectivity index (χ3v) is 4.29. The Morgan fingerprint density at radius 1 is 1.33 bits per heavy atom. The fourth-order valence-electron chi connectivity index (χ4n) is 1.55. The fourth-order valence-corrected chi connectivity index (χ4v) is 2.84. The van der Waals surface area contributed by atoms with E-state index in [1.807, 2.05) is 0 Å². The van der Waals surface area contributed by atoms with Gasteiger partial charge in [0.2, 0.25) is 10.0 Å². The lowest BCUT2D eigenvalue weighted by Crippen LogP contribution is -2.39. The second-order valence-corrected chi connectivity index (χ2v) is 6.40. The first-order valence-corrected chi connectivity index (χ1v) is 7.64. The molecule has 2 amide bonds. The number of rotatable bonds is 5. The van der Waals surface area contributed by atoms with Crippen LogP contribution in [0.5, 0.6) is 0 Å². The molecule has 0 aliphatic carbocycles. The maximum absolute atomic E-state index is 13.2. The number of carbonyl (C=O) groups excluding carboxylic acids is 1. The fraction of sp³-hybridized carbons (Fsp3) is 0.417. The van der Waals surface area contributed by atoms with Gasteiger partial charge in [-0.05, 0) is 24.6 Å². The Bertz CT molecular complexity index is 632. The number of benzene rings is 1. The Morgan fingerprint density at radius 2 is 1.95 bits per heavy atom. The molecule has 1 aromatic rings. The van der Waals surface area contributed by atoms with Gasteiger partial charge in [-0.15, -0.1) is 0 Å². The molecule has 1 rings (SSSR count). The molecular formula is C12H19FN4O3S. The van der Waals surface area contributed by atoms with Gasteiger partial charge in [-0.1, -0.05) is 0 Å². The van der Waals surface area contributed by atoms with Gasteiger partial charge in [-0.3, -0.25) is 0 Å². The standard InChI is InChI=1S/C12H19FN4O3S/c1-8-6-9(13)10(14)7-11(8)21(19,20)16-5-4-15-12(18)17(2)3/h6-7,16H,4-5,14H2,1-3H3,(H,15,18). The number of sulfonamides is 1. The monoisotopic (exact) mass is 318 g/mol. The number of hydrogen-bond acceptors (Lipinski definition) is 4. The predicted octanol–water partition coefficient (Wildman–Crippen LogP) is 0.266. The van der Waals surface area contributed by atoms with Crippen molar-refractivity contribution >= 4 is 21.7 Å². The van der Waals surface area contributed by atoms with Crippen LogP contribution in [-0.4, -0.2) is 46.5 Å². The van der Waals surface area contributed by atoms with E-state index in [0.717, 1.165) is 12.1 Å². The van der Waals surface area contributed by atoms with Crippen molar-refractivity contribution in [1.82, 2.24) is 14.9 Å². The third-order valence-electron chi connectivity index (χ3n) is 2.68. The number of aryl methyl sites for hydroxylation is 1. The Labute approximate surface area is 123 Å². The van der Waals surface area contributed by atoms with Crippen LogP contribution in [0.4, 0.5) is 14.9 Å². The summed E-state index contributed by atoms with van der Waals surface area (Å²) in [6.07, 6.45) is 0. The van der Waals surface area contributed by atoms with Gasteiger partial charge in [0.1, 0.15) is 5.82 Å². The number of nitrogens with two attached hydrogens (primary N) is 1. The van der Waals surface area contributed by atoms with Gasteiger partial charge < -0.3 is 16.0 Å². The quantitative estimate of drug-likeness (QED) is 0.535. The lowest BCUT2D eigenvalue weighted by molar-refractivity contribution is 0.217. The summed E-state index contributed by atoms with van der Waals surface area (Å²) in [6, 6.07) is 1.82. The van der Waals surface area contributed by atoms with Crippen LogP contribution in [0, 0.1) is 12.7 Å². The van der Waals surface area contributed by atoms with Crippen LogP contribution in [0.25, 0.3) is 0 Å². The van der Waals surface area contributed by atoms with E-state index < -0.39 is 15.8 Å². The lowest BCUT2D eigenvalue weighted by Gasteiger charge is -2.13. The zero-order valence-corrected chi connectivity index (χ0v) is 12.9. The number of urea groups is 1. The molecule has 0 aromatic heterocycles. The van der Waals surface area contributed by atoms with Gasteiger partial charge in [0.05, 0.1) is 10.6 Å². The first-order chi connectivity index (χ1) is 9.65. The lowest BCUT2D eigenvalue weighted by atomic mass is 10.2. The Balaban J connectivity index is 2.71. The number of hydrogen-bond donors (Lipinski definition) is 3. The molecular weight excluding hydrogens is 299 g/mol. The maximum Gasteiger partial charge on any atom is 0.316 e. The predicted molar refractivity (Wildman–Crippen MR) is 77.8 cm³/mol. The maximum atomic E-state index is 13.2. The number of amides is 2. The summed E-state index contributed by atoms with van der Waals surface area (Å²) < 4.78 is 39.7. The number of anilines is 1. The van der Waals surface area contributed by atoms with E-state index in [1.54, 1.807) is 14.1 Å². The minimum absolute atomic E-state index is 0.0125. The molecule has 1 aromatic carbocycles. The van der Waals surface area contributed by atoms with E-state index in [4.69, 9.17) is 5.73 Å². The Kier molecular flexibility index (Phi) is 5.50. The first kappa shape index (κ1) is 17.2. The van der Waals surface area contributed by atoms with Gasteiger partial charge in [-0.2, -0.15) is 0 Å². The third kappa shape index (κ3) is 4.57. The number of nitrogens with one attached hydrogen (secondary N) is 2. The Morgan fingerprint density at radius 3 is 2.52 bits per heavy atom. The molecule has 0 bridgehead atoms. The van der Waals surface area contributed by atoms with Crippen LogP contribution in [0.1, 0.15) is 5.56 Å². The molecule has 0 unspecified atom stereocenters. The average molecular weight is 318 g/mol. The summed E-state index contributed by atoms with van der Waals surface area (Å²) in [5.41, 5.74) is 5.41. The first-order valence-electron chi connectivity index (χ1n) is 6.15. The molecule has 9 heteroatoms. The molecule has 0 saturated heterocycles. The highest BCUT2D eigenvalue weighted by atomic mass is 32.2. The molecule has 0 atom stereocenters. The molecule has 21 heavy (non-hydrogen) atoms. The van der Waals surface area contributed by atoms with Gasteiger partial charge in [0.15, 0.2) is 0 Å². The molecule has 0 heterocycles. The van der Waals surface area contributed by atoms with E-state index >= 15 is 0 Å². The molecule has 4 N–H and O–H groups in total. The van der Waals surface area contributed by atoms with Gasteiger partial charge >= 0.3 is 6.03 Å². The highest BCUT2D eigenvalue weighted by molar-refractivity contribution is 7.89. The minimum atomic E-state index is -3.81. The molecule has 0 aliphatic heterocycles. The second kappa shape index (κ2) is 6.72. The zero-order chi connectivity index (χ0) is 16.2. The van der Waals surface area contributed by atoms with Crippen LogP contribution >= 0.6 is 0 Å². The molecule has 7 nitrogen and oxygen atoms in total. The number of carbonyl (C=O) groups is 1. The van der Waals surface area contributed by atoms with Crippen molar-refractivity contribution in [1.29, 1.82) is 0 Å². The van der Waals surface area contributed by atoms with Gasteiger partial charge in [0, 0.05) is 27.2 Å². The molecule has 0 radical (unpaired) electrons. The minimum Gasteiger partial charge on any atom is -0.396 e. The number of halogens is 1. The van der Waals surface area contributed by atoms with Crippen LogP contribution in [0.3, 0.4) is 0 Å². The van der Waals surface area contributed by atoms with Crippen molar-refractivity contribution in [3.8, 4) is 0 Å². The largest absolute Gasteiger partial charge is 0.396 e. The highest BCUT2D eigenvalue weighted by Crippen LogP contribution is 2.21. The van der Waals surface area contributed by atoms with Crippen LogP contribution < -0.4 is 15.8 Å². The summed E-state index contributed by atoms with van der Waals surface area (Å²) in [5, 5.41) is 2.52. The summed E-state index contributed by atoms with van der Waals surface area (Å²) in [7, 11) is -0.663. The van der Waals surface area contributed by atoms with Gasteiger partial charge in [0.25, 0.3) is 0 Å². The molecule has 0 aliphatic rings. The number of nitrogen functional groups attached to an aromatic ring is 1. The smallest absolute Gasteiger partial charge is 0.316 e. The van der Waals surface area contributed by atoms with Crippen molar-refractivity contribution in [3.63, 3.8) is 0 Å². The van der Waals surface area contributed by atoms with Crippen molar-refractivity contribution in [2.75, 3.05) is 32.9 Å². The van der Waals surface area contributed by atoms with E-state index in [-0.39, 0.29) is 35.3 Å².